The Morgan fingerprint density at radius 3 is 2.56 bits per heavy atom. The number of fused-ring (bicyclic) bond motifs is 1. The van der Waals surface area contributed by atoms with Gasteiger partial charge >= 0.3 is 0 Å². The summed E-state index contributed by atoms with van der Waals surface area (Å²) in [6.45, 7) is 3.96. The molecular formula is C15H16FNO. The van der Waals surface area contributed by atoms with Gasteiger partial charge in [-0.3, -0.25) is 4.79 Å². The van der Waals surface area contributed by atoms with Gasteiger partial charge in [0.2, 0.25) is 0 Å². The van der Waals surface area contributed by atoms with Crippen LogP contribution >= 0.6 is 0 Å². The maximum atomic E-state index is 13.6. The van der Waals surface area contributed by atoms with Gasteiger partial charge in [0.1, 0.15) is 5.82 Å². The molecule has 2 aromatic carbocycles. The molecule has 1 N–H and O–H groups in total. The number of nitrogens with one attached hydrogen (secondary N) is 1. The molecule has 0 bridgehead atoms. The molecule has 0 saturated heterocycles. The summed E-state index contributed by atoms with van der Waals surface area (Å²) in [6, 6.07) is 10.0. The molecule has 2 nitrogen and oxygen atoms in total. The van der Waals surface area contributed by atoms with Crippen molar-refractivity contribution in [2.75, 3.05) is 0 Å². The van der Waals surface area contributed by atoms with Crippen molar-refractivity contribution in [3.63, 3.8) is 0 Å². The fraction of sp³-hybridized carbons (Fsp3) is 0.267. The minimum absolute atomic E-state index is 0.112. The number of rotatable bonds is 3. The summed E-state index contributed by atoms with van der Waals surface area (Å²) in [5.74, 6) is -0.453. The average Bonchev–Trinajstić information content (AvgIpc) is 2.39. The van der Waals surface area contributed by atoms with Crippen LogP contribution in [-0.2, 0) is 0 Å². The molecule has 0 radical (unpaired) electrons. The topological polar surface area (TPSA) is 29.1 Å². The Bertz CT molecular complexity index is 580. The minimum atomic E-state index is -0.300. The lowest BCUT2D eigenvalue weighted by Gasteiger charge is -2.13. The lowest BCUT2D eigenvalue weighted by atomic mass is 10.0. The number of hydrogen-bond donors (Lipinski definition) is 1. The lowest BCUT2D eigenvalue weighted by Crippen LogP contribution is -2.32. The van der Waals surface area contributed by atoms with E-state index in [9.17, 15) is 9.18 Å². The first-order valence-corrected chi connectivity index (χ1v) is 6.11. The fourth-order valence-electron chi connectivity index (χ4n) is 1.86. The highest BCUT2D eigenvalue weighted by atomic mass is 19.1. The Kier molecular flexibility index (Phi) is 3.60. The highest BCUT2D eigenvalue weighted by Gasteiger charge is 2.13. The highest BCUT2D eigenvalue weighted by molar-refractivity contribution is 6.07. The molecule has 0 heterocycles. The van der Waals surface area contributed by atoms with E-state index in [4.69, 9.17) is 0 Å². The van der Waals surface area contributed by atoms with Crippen molar-refractivity contribution < 1.29 is 9.18 Å². The van der Waals surface area contributed by atoms with Crippen LogP contribution in [0.3, 0.4) is 0 Å². The van der Waals surface area contributed by atoms with Gasteiger partial charge in [-0.15, -0.1) is 0 Å². The van der Waals surface area contributed by atoms with Gasteiger partial charge in [0.15, 0.2) is 0 Å². The van der Waals surface area contributed by atoms with Crippen LogP contribution in [0.2, 0.25) is 0 Å². The zero-order valence-corrected chi connectivity index (χ0v) is 10.5. The van der Waals surface area contributed by atoms with Gasteiger partial charge in [0, 0.05) is 17.0 Å². The van der Waals surface area contributed by atoms with E-state index in [2.05, 4.69) is 5.32 Å². The normalized spacial score (nSPS) is 12.4. The summed E-state index contributed by atoms with van der Waals surface area (Å²) >= 11 is 0. The lowest BCUT2D eigenvalue weighted by molar-refractivity contribution is 0.0941. The number of amides is 1. The monoisotopic (exact) mass is 245 g/mol. The van der Waals surface area contributed by atoms with Crippen molar-refractivity contribution in [3.05, 3.63) is 47.8 Å². The highest BCUT2D eigenvalue weighted by Crippen LogP contribution is 2.21. The van der Waals surface area contributed by atoms with Gasteiger partial charge in [-0.05, 0) is 30.9 Å². The van der Waals surface area contributed by atoms with Crippen LogP contribution in [0.4, 0.5) is 4.39 Å². The van der Waals surface area contributed by atoms with E-state index in [1.165, 1.54) is 12.1 Å². The number of carbonyl (C=O) groups is 1. The largest absolute Gasteiger partial charge is 0.350 e. The molecule has 1 unspecified atom stereocenters. The Morgan fingerprint density at radius 2 is 1.89 bits per heavy atom. The minimum Gasteiger partial charge on any atom is -0.350 e. The third-order valence-corrected chi connectivity index (χ3v) is 3.11. The maximum absolute atomic E-state index is 13.6. The van der Waals surface area contributed by atoms with Crippen molar-refractivity contribution in [1.82, 2.24) is 5.32 Å². The Labute approximate surface area is 106 Å². The molecule has 1 atom stereocenters. The summed E-state index contributed by atoms with van der Waals surface area (Å²) in [5, 5.41) is 4.03. The van der Waals surface area contributed by atoms with Crippen LogP contribution in [0.5, 0.6) is 0 Å². The summed E-state index contributed by atoms with van der Waals surface area (Å²) < 4.78 is 13.6. The van der Waals surface area contributed by atoms with Crippen LogP contribution in [0.25, 0.3) is 10.8 Å². The number of hydrogen-bond acceptors (Lipinski definition) is 1. The van der Waals surface area contributed by atoms with E-state index < -0.39 is 0 Å². The van der Waals surface area contributed by atoms with Gasteiger partial charge < -0.3 is 5.32 Å². The SMILES string of the molecule is CCC(C)NC(=O)c1ccc(F)c2ccccc12. The second-order valence-electron chi connectivity index (χ2n) is 4.42. The van der Waals surface area contributed by atoms with Crippen LogP contribution in [0.15, 0.2) is 36.4 Å². The van der Waals surface area contributed by atoms with E-state index in [-0.39, 0.29) is 17.8 Å². The molecule has 0 fully saturated rings. The summed E-state index contributed by atoms with van der Waals surface area (Å²) in [7, 11) is 0. The Balaban J connectivity index is 2.45. The van der Waals surface area contributed by atoms with Crippen molar-refractivity contribution in [2.45, 2.75) is 26.3 Å². The molecule has 2 rings (SSSR count). The van der Waals surface area contributed by atoms with Gasteiger partial charge in [0.25, 0.3) is 5.91 Å². The van der Waals surface area contributed by atoms with E-state index in [0.717, 1.165) is 6.42 Å². The fourth-order valence-corrected chi connectivity index (χ4v) is 1.86. The first kappa shape index (κ1) is 12.6. The van der Waals surface area contributed by atoms with Crippen molar-refractivity contribution in [2.24, 2.45) is 0 Å². The molecule has 0 aliphatic carbocycles. The third kappa shape index (κ3) is 2.35. The van der Waals surface area contributed by atoms with Gasteiger partial charge in [-0.25, -0.2) is 4.39 Å². The Morgan fingerprint density at radius 1 is 1.22 bits per heavy atom. The van der Waals surface area contributed by atoms with E-state index in [1.807, 2.05) is 19.9 Å². The van der Waals surface area contributed by atoms with Crippen LogP contribution < -0.4 is 5.32 Å². The predicted molar refractivity (Wildman–Crippen MR) is 71.1 cm³/mol. The number of carbonyl (C=O) groups excluding carboxylic acids is 1. The van der Waals surface area contributed by atoms with Crippen molar-refractivity contribution >= 4 is 16.7 Å². The summed E-state index contributed by atoms with van der Waals surface area (Å²) in [6.07, 6.45) is 0.866. The second kappa shape index (κ2) is 5.17. The second-order valence-corrected chi connectivity index (χ2v) is 4.42. The molecular weight excluding hydrogens is 229 g/mol. The third-order valence-electron chi connectivity index (χ3n) is 3.11. The first-order chi connectivity index (χ1) is 8.63. The maximum Gasteiger partial charge on any atom is 0.252 e. The molecule has 0 aliphatic rings. The molecule has 94 valence electrons. The van der Waals surface area contributed by atoms with Crippen molar-refractivity contribution in [3.8, 4) is 0 Å². The van der Waals surface area contributed by atoms with Crippen LogP contribution in [-0.4, -0.2) is 11.9 Å². The predicted octanol–water partition coefficient (Wildman–Crippen LogP) is 3.51. The smallest absolute Gasteiger partial charge is 0.252 e. The zero-order valence-electron chi connectivity index (χ0n) is 10.5. The molecule has 0 aromatic heterocycles. The van der Waals surface area contributed by atoms with E-state index in [1.54, 1.807) is 18.2 Å². The summed E-state index contributed by atoms with van der Waals surface area (Å²) in [4.78, 5) is 12.1. The van der Waals surface area contributed by atoms with Crippen LogP contribution in [0, 0.1) is 5.82 Å². The van der Waals surface area contributed by atoms with E-state index >= 15 is 0 Å². The first-order valence-electron chi connectivity index (χ1n) is 6.11. The average molecular weight is 245 g/mol. The molecule has 0 spiro atoms. The van der Waals surface area contributed by atoms with Gasteiger partial charge in [0.05, 0.1) is 0 Å². The number of benzene rings is 2. The van der Waals surface area contributed by atoms with Crippen LogP contribution in [0.1, 0.15) is 30.6 Å². The molecule has 18 heavy (non-hydrogen) atoms. The van der Waals surface area contributed by atoms with E-state index in [0.29, 0.717) is 16.3 Å². The molecule has 1 amide bonds. The summed E-state index contributed by atoms with van der Waals surface area (Å²) in [5.41, 5.74) is 0.521. The van der Waals surface area contributed by atoms with Crippen molar-refractivity contribution in [1.29, 1.82) is 0 Å². The molecule has 0 aliphatic heterocycles. The molecule has 2 aromatic rings. The molecule has 3 heteroatoms. The zero-order chi connectivity index (χ0) is 13.1. The quantitative estimate of drug-likeness (QED) is 0.881. The van der Waals surface area contributed by atoms with Gasteiger partial charge in [-0.1, -0.05) is 31.2 Å². The number of halogens is 1. The molecule has 0 saturated carbocycles. The van der Waals surface area contributed by atoms with Gasteiger partial charge in [-0.2, -0.15) is 0 Å². The standard InChI is InChI=1S/C15H16FNO/c1-3-10(2)17-15(18)13-8-9-14(16)12-7-5-4-6-11(12)13/h4-10H,3H2,1-2H3,(H,17,18). The Hall–Kier alpha value is -1.90.